The molecule has 0 saturated heterocycles. The Morgan fingerprint density at radius 1 is 0.641 bits per heavy atom. The summed E-state index contributed by atoms with van der Waals surface area (Å²) in [4.78, 5) is 22.4. The molecule has 6 heteroatoms. The second kappa shape index (κ2) is 20.4. The Kier molecular flexibility index (Phi) is 22.3. The molecular formula is C33H54O6. The molecule has 6 nitrogen and oxygen atoms in total. The summed E-state index contributed by atoms with van der Waals surface area (Å²) in [6.45, 7) is 22.1. The Labute approximate surface area is 239 Å². The molecule has 2 aromatic rings. The summed E-state index contributed by atoms with van der Waals surface area (Å²) in [5.41, 5.74) is 7.38. The number of carbonyl (C=O) groups excluding carboxylic acids is 2. The summed E-state index contributed by atoms with van der Waals surface area (Å²) < 4.78 is 20.8. The van der Waals surface area contributed by atoms with E-state index in [1.807, 2.05) is 46.8 Å². The van der Waals surface area contributed by atoms with Crippen molar-refractivity contribution in [3.63, 3.8) is 0 Å². The fraction of sp³-hybridized carbons (Fsp3) is 0.455. The summed E-state index contributed by atoms with van der Waals surface area (Å²) in [5, 5.41) is 0. The van der Waals surface area contributed by atoms with Gasteiger partial charge in [0, 0.05) is 11.1 Å². The zero-order valence-electron chi connectivity index (χ0n) is 22.3. The molecule has 39 heavy (non-hydrogen) atoms. The molecule has 0 atom stereocenters. The van der Waals surface area contributed by atoms with Gasteiger partial charge in [-0.2, -0.15) is 0 Å². The Balaban J connectivity index is -0.000000285. The topological polar surface area (TPSA) is 71.1 Å². The highest BCUT2D eigenvalue weighted by atomic mass is 16.7. The van der Waals surface area contributed by atoms with Gasteiger partial charge in [0.15, 0.2) is 0 Å². The standard InChI is InChI=1S/C15H20O3.C14H18O3.4CH4/c1-6-13-7-11(4)14(12(5)8-13)17-9-18-15(16)10(2)3;1-9(2)14(15)17-8-16-13-11(4)6-10(3)7-12(13)5;;;;/h7-8H,2,6,9H2,1,3-5H3;6-7H,1,8H2,2-5H3;4*1H4. The summed E-state index contributed by atoms with van der Waals surface area (Å²) in [6, 6.07) is 8.23. The average molecular weight is 547 g/mol. The van der Waals surface area contributed by atoms with Gasteiger partial charge in [0.25, 0.3) is 0 Å². The van der Waals surface area contributed by atoms with Gasteiger partial charge in [-0.15, -0.1) is 0 Å². The van der Waals surface area contributed by atoms with E-state index in [1.54, 1.807) is 13.8 Å². The molecule has 0 saturated carbocycles. The largest absolute Gasteiger partial charge is 0.457 e. The number of esters is 2. The summed E-state index contributed by atoms with van der Waals surface area (Å²) in [7, 11) is 0. The van der Waals surface area contributed by atoms with E-state index in [0.29, 0.717) is 11.1 Å². The number of aryl methyl sites for hydroxylation is 6. The molecule has 0 aliphatic heterocycles. The van der Waals surface area contributed by atoms with E-state index in [0.717, 1.165) is 40.2 Å². The van der Waals surface area contributed by atoms with Crippen LogP contribution in [0.15, 0.2) is 48.6 Å². The summed E-state index contributed by atoms with van der Waals surface area (Å²) >= 11 is 0. The Bertz CT molecular complexity index is 1040. The molecule has 2 aromatic carbocycles. The average Bonchev–Trinajstić information content (AvgIpc) is 2.77. The van der Waals surface area contributed by atoms with Crippen molar-refractivity contribution >= 4 is 11.9 Å². The lowest BCUT2D eigenvalue weighted by molar-refractivity contribution is -0.146. The third-order valence-corrected chi connectivity index (χ3v) is 5.02. The smallest absolute Gasteiger partial charge is 0.335 e. The number of benzene rings is 2. The van der Waals surface area contributed by atoms with Crippen LogP contribution in [0.25, 0.3) is 0 Å². The SMILES string of the molecule is C.C.C.C.C=C(C)C(=O)OCOc1c(C)cc(C)cc1C.C=C(C)C(=O)OCOc1c(C)cc(CC)cc1C. The molecule has 0 heterocycles. The van der Waals surface area contributed by atoms with E-state index < -0.39 is 11.9 Å². The molecule has 0 aliphatic carbocycles. The van der Waals surface area contributed by atoms with Crippen LogP contribution in [0.5, 0.6) is 11.5 Å². The maximum atomic E-state index is 11.2. The quantitative estimate of drug-likeness (QED) is 0.178. The van der Waals surface area contributed by atoms with Crippen LogP contribution in [0.2, 0.25) is 0 Å². The van der Waals surface area contributed by atoms with E-state index >= 15 is 0 Å². The van der Waals surface area contributed by atoms with E-state index in [9.17, 15) is 9.59 Å². The molecule has 0 N–H and O–H groups in total. The maximum absolute atomic E-state index is 11.2. The predicted molar refractivity (Wildman–Crippen MR) is 166 cm³/mol. The van der Waals surface area contributed by atoms with Gasteiger partial charge < -0.3 is 18.9 Å². The van der Waals surface area contributed by atoms with Gasteiger partial charge in [-0.1, -0.05) is 79.6 Å². The van der Waals surface area contributed by atoms with Crippen molar-refractivity contribution in [3.05, 3.63) is 82.0 Å². The highest BCUT2D eigenvalue weighted by molar-refractivity contribution is 5.87. The van der Waals surface area contributed by atoms with Crippen LogP contribution < -0.4 is 9.47 Å². The van der Waals surface area contributed by atoms with Gasteiger partial charge in [0.05, 0.1) is 0 Å². The molecule has 0 amide bonds. The zero-order valence-corrected chi connectivity index (χ0v) is 22.3. The predicted octanol–water partition coefficient (Wildman–Crippen LogP) is 8.93. The fourth-order valence-corrected chi connectivity index (χ4v) is 3.40. The maximum Gasteiger partial charge on any atom is 0.335 e. The number of ether oxygens (including phenoxy) is 4. The molecular weight excluding hydrogens is 492 g/mol. The third-order valence-electron chi connectivity index (χ3n) is 5.02. The first-order chi connectivity index (χ1) is 16.4. The van der Waals surface area contributed by atoms with Crippen LogP contribution in [0.3, 0.4) is 0 Å². The van der Waals surface area contributed by atoms with Crippen molar-refractivity contribution in [2.24, 2.45) is 0 Å². The van der Waals surface area contributed by atoms with Crippen LogP contribution in [0, 0.1) is 34.6 Å². The van der Waals surface area contributed by atoms with Crippen molar-refractivity contribution in [2.45, 2.75) is 91.5 Å². The second-order valence-electron chi connectivity index (χ2n) is 8.59. The van der Waals surface area contributed by atoms with Gasteiger partial charge >= 0.3 is 11.9 Å². The molecule has 0 radical (unpaired) electrons. The minimum absolute atomic E-state index is 0. The Morgan fingerprint density at radius 2 is 0.949 bits per heavy atom. The normalized spacial score (nSPS) is 8.92. The molecule has 0 aliphatic rings. The van der Waals surface area contributed by atoms with Crippen LogP contribution in [-0.4, -0.2) is 25.5 Å². The summed E-state index contributed by atoms with van der Waals surface area (Å²) in [5.74, 6) is 0.676. The zero-order chi connectivity index (χ0) is 26.7. The first-order valence-electron chi connectivity index (χ1n) is 11.5. The van der Waals surface area contributed by atoms with Gasteiger partial charge in [-0.05, 0) is 82.7 Å². The lowest BCUT2D eigenvalue weighted by atomic mass is 10.0. The second-order valence-corrected chi connectivity index (χ2v) is 8.59. The molecule has 0 bridgehead atoms. The molecule has 0 unspecified atom stereocenters. The molecule has 222 valence electrons. The number of rotatable bonds is 9. The van der Waals surface area contributed by atoms with Gasteiger partial charge in [-0.25, -0.2) is 9.59 Å². The first-order valence-corrected chi connectivity index (χ1v) is 11.5. The molecule has 0 spiro atoms. The van der Waals surface area contributed by atoms with Crippen molar-refractivity contribution in [2.75, 3.05) is 13.6 Å². The highest BCUT2D eigenvalue weighted by Crippen LogP contribution is 2.25. The fourth-order valence-electron chi connectivity index (χ4n) is 3.40. The van der Waals surface area contributed by atoms with Crippen molar-refractivity contribution in [1.29, 1.82) is 0 Å². The number of hydrogen-bond acceptors (Lipinski definition) is 6. The lowest BCUT2D eigenvalue weighted by Gasteiger charge is -2.13. The minimum atomic E-state index is -0.438. The van der Waals surface area contributed by atoms with Crippen LogP contribution >= 0.6 is 0 Å². The minimum Gasteiger partial charge on any atom is -0.457 e. The van der Waals surface area contributed by atoms with Crippen LogP contribution in [0.1, 0.15) is 83.9 Å². The number of carbonyl (C=O) groups is 2. The van der Waals surface area contributed by atoms with Gasteiger partial charge in [-0.3, -0.25) is 0 Å². The van der Waals surface area contributed by atoms with Crippen molar-refractivity contribution in [3.8, 4) is 11.5 Å². The molecule has 2 rings (SSSR count). The third kappa shape index (κ3) is 14.3. The first kappa shape index (κ1) is 42.5. The lowest BCUT2D eigenvalue weighted by Crippen LogP contribution is -2.11. The summed E-state index contributed by atoms with van der Waals surface area (Å²) in [6.07, 6.45) is 0.993. The monoisotopic (exact) mass is 546 g/mol. The van der Waals surface area contributed by atoms with Gasteiger partial charge in [0.2, 0.25) is 13.6 Å². The van der Waals surface area contributed by atoms with Crippen molar-refractivity contribution in [1.82, 2.24) is 0 Å². The van der Waals surface area contributed by atoms with Gasteiger partial charge in [0.1, 0.15) is 11.5 Å². The Hall–Kier alpha value is -3.54. The molecule has 0 aromatic heterocycles. The Morgan fingerprint density at radius 3 is 1.23 bits per heavy atom. The van der Waals surface area contributed by atoms with E-state index in [-0.39, 0.29) is 43.3 Å². The van der Waals surface area contributed by atoms with Crippen LogP contribution in [-0.2, 0) is 25.5 Å². The van der Waals surface area contributed by atoms with E-state index in [2.05, 4.69) is 32.2 Å². The number of hydrogen-bond donors (Lipinski definition) is 0. The molecule has 0 fully saturated rings. The van der Waals surface area contributed by atoms with Crippen molar-refractivity contribution < 1.29 is 28.5 Å². The van der Waals surface area contributed by atoms with E-state index in [1.165, 1.54) is 11.1 Å². The van der Waals surface area contributed by atoms with E-state index in [4.69, 9.17) is 18.9 Å². The highest BCUT2D eigenvalue weighted by Gasteiger charge is 2.09. The van der Waals surface area contributed by atoms with Crippen LogP contribution in [0.4, 0.5) is 0 Å².